The lowest BCUT2D eigenvalue weighted by atomic mass is 9.96. The number of ketones is 1. The molecule has 0 radical (unpaired) electrons. The highest BCUT2D eigenvalue weighted by atomic mass is 16.1. The predicted molar refractivity (Wildman–Crippen MR) is 63.3 cm³/mol. The van der Waals surface area contributed by atoms with Crippen LogP contribution >= 0.6 is 0 Å². The maximum absolute atomic E-state index is 11.6. The van der Waals surface area contributed by atoms with Crippen LogP contribution < -0.4 is 0 Å². The quantitative estimate of drug-likeness (QED) is 0.764. The first-order valence-electron chi connectivity index (χ1n) is 5.60. The summed E-state index contributed by atoms with van der Waals surface area (Å²) >= 11 is 0. The fourth-order valence-corrected chi connectivity index (χ4v) is 2.25. The molecule has 1 aliphatic carbocycles. The molecule has 1 aliphatic rings. The monoisotopic (exact) mass is 211 g/mol. The Morgan fingerprint density at radius 2 is 1.94 bits per heavy atom. The second-order valence-electron chi connectivity index (χ2n) is 4.53. The van der Waals surface area contributed by atoms with Crippen LogP contribution in [0.1, 0.15) is 25.5 Å². The molecular weight excluding hydrogens is 198 g/mol. The number of hydrogen-bond donors (Lipinski definition) is 0. The van der Waals surface area contributed by atoms with Gasteiger partial charge in [0, 0.05) is 5.39 Å². The molecule has 1 fully saturated rings. The zero-order valence-corrected chi connectivity index (χ0v) is 9.23. The molecule has 0 N–H and O–H groups in total. The maximum Gasteiger partial charge on any atom is 0.141 e. The second-order valence-corrected chi connectivity index (χ2v) is 4.53. The van der Waals surface area contributed by atoms with E-state index in [0.29, 0.717) is 0 Å². The highest BCUT2D eigenvalue weighted by Crippen LogP contribution is 2.48. The summed E-state index contributed by atoms with van der Waals surface area (Å²) in [6.45, 7) is 1.67. The number of pyridine rings is 1. The molecule has 2 heteroatoms. The number of aromatic nitrogens is 1. The van der Waals surface area contributed by atoms with E-state index >= 15 is 0 Å². The number of carbonyl (C=O) groups excluding carboxylic acids is 1. The molecule has 0 saturated heterocycles. The van der Waals surface area contributed by atoms with E-state index in [2.05, 4.69) is 11.1 Å². The van der Waals surface area contributed by atoms with Crippen LogP contribution in [-0.4, -0.2) is 10.8 Å². The third kappa shape index (κ3) is 1.26. The van der Waals surface area contributed by atoms with Crippen LogP contribution in [-0.2, 0) is 10.2 Å². The Morgan fingerprint density at radius 1 is 1.19 bits per heavy atom. The molecule has 1 aromatic heterocycles. The zero-order valence-electron chi connectivity index (χ0n) is 9.23. The van der Waals surface area contributed by atoms with Crippen molar-refractivity contribution < 1.29 is 4.79 Å². The van der Waals surface area contributed by atoms with Gasteiger partial charge in [0.2, 0.25) is 0 Å². The van der Waals surface area contributed by atoms with E-state index in [1.54, 1.807) is 6.92 Å². The van der Waals surface area contributed by atoms with Crippen molar-refractivity contribution in [1.29, 1.82) is 0 Å². The molecule has 0 spiro atoms. The summed E-state index contributed by atoms with van der Waals surface area (Å²) in [6.07, 6.45) is 1.90. The smallest absolute Gasteiger partial charge is 0.141 e. The van der Waals surface area contributed by atoms with Crippen LogP contribution in [0.5, 0.6) is 0 Å². The summed E-state index contributed by atoms with van der Waals surface area (Å²) in [6, 6.07) is 12.1. The van der Waals surface area contributed by atoms with Crippen LogP contribution in [0.15, 0.2) is 36.4 Å². The molecule has 0 unspecified atom stereocenters. The third-order valence-electron chi connectivity index (χ3n) is 3.51. The van der Waals surface area contributed by atoms with Crippen LogP contribution in [0.2, 0.25) is 0 Å². The van der Waals surface area contributed by atoms with E-state index in [1.165, 1.54) is 0 Å². The van der Waals surface area contributed by atoms with Crippen molar-refractivity contribution in [2.45, 2.75) is 25.2 Å². The van der Waals surface area contributed by atoms with E-state index in [-0.39, 0.29) is 11.2 Å². The summed E-state index contributed by atoms with van der Waals surface area (Å²) in [4.78, 5) is 16.2. The maximum atomic E-state index is 11.6. The molecule has 0 atom stereocenters. The molecule has 3 rings (SSSR count). The number of Topliss-reactive ketones (excluding diaryl/α,β-unsaturated/α-hetero) is 1. The van der Waals surface area contributed by atoms with Crippen molar-refractivity contribution in [3.8, 4) is 0 Å². The molecule has 80 valence electrons. The molecule has 0 bridgehead atoms. The van der Waals surface area contributed by atoms with Crippen LogP contribution in [0.4, 0.5) is 0 Å². The summed E-state index contributed by atoms with van der Waals surface area (Å²) in [5.74, 6) is 0.246. The van der Waals surface area contributed by atoms with Crippen LogP contribution in [0.3, 0.4) is 0 Å². The van der Waals surface area contributed by atoms with Crippen LogP contribution in [0.25, 0.3) is 10.9 Å². The van der Waals surface area contributed by atoms with Gasteiger partial charge in [-0.15, -0.1) is 0 Å². The van der Waals surface area contributed by atoms with Gasteiger partial charge in [0.15, 0.2) is 0 Å². The predicted octanol–water partition coefficient (Wildman–Crippen LogP) is 2.86. The van der Waals surface area contributed by atoms with Gasteiger partial charge in [0.1, 0.15) is 5.78 Å². The average Bonchev–Trinajstić information content (AvgIpc) is 3.09. The molecule has 0 amide bonds. The number of para-hydroxylation sites is 1. The first kappa shape index (κ1) is 9.52. The summed E-state index contributed by atoms with van der Waals surface area (Å²) in [5, 5.41) is 1.13. The Kier molecular flexibility index (Phi) is 1.87. The van der Waals surface area contributed by atoms with Gasteiger partial charge in [-0.3, -0.25) is 9.78 Å². The fraction of sp³-hybridized carbons (Fsp3) is 0.286. The molecule has 2 nitrogen and oxygen atoms in total. The van der Waals surface area contributed by atoms with Gasteiger partial charge < -0.3 is 0 Å². The topological polar surface area (TPSA) is 30.0 Å². The normalized spacial score (nSPS) is 17.3. The molecule has 1 saturated carbocycles. The number of benzene rings is 1. The Bertz CT molecular complexity index is 570. The number of nitrogens with zero attached hydrogens (tertiary/aromatic N) is 1. The minimum absolute atomic E-state index is 0.246. The highest BCUT2D eigenvalue weighted by molar-refractivity contribution is 5.91. The lowest BCUT2D eigenvalue weighted by Crippen LogP contribution is -2.18. The van der Waals surface area contributed by atoms with E-state index in [0.717, 1.165) is 29.4 Å². The standard InChI is InChI=1S/C14H13NO/c1-10(16)14(8-9-14)13-7-6-11-4-2-3-5-12(11)15-13/h2-7H,8-9H2,1H3. The number of hydrogen-bond acceptors (Lipinski definition) is 2. The molecule has 0 aliphatic heterocycles. The minimum Gasteiger partial charge on any atom is -0.299 e. The Hall–Kier alpha value is -1.70. The van der Waals surface area contributed by atoms with Gasteiger partial charge in [-0.1, -0.05) is 24.3 Å². The van der Waals surface area contributed by atoms with Crippen LogP contribution in [0, 0.1) is 0 Å². The van der Waals surface area contributed by atoms with Crippen molar-refractivity contribution in [2.24, 2.45) is 0 Å². The minimum atomic E-state index is -0.260. The van der Waals surface area contributed by atoms with Gasteiger partial charge in [0.05, 0.1) is 16.6 Å². The molecule has 1 heterocycles. The van der Waals surface area contributed by atoms with E-state index < -0.39 is 0 Å². The van der Waals surface area contributed by atoms with Crippen molar-refractivity contribution >= 4 is 16.7 Å². The molecule has 2 aromatic rings. The van der Waals surface area contributed by atoms with Gasteiger partial charge in [-0.2, -0.15) is 0 Å². The first-order valence-corrected chi connectivity index (χ1v) is 5.60. The largest absolute Gasteiger partial charge is 0.299 e. The summed E-state index contributed by atoms with van der Waals surface area (Å²) in [5.41, 5.74) is 1.66. The van der Waals surface area contributed by atoms with Gasteiger partial charge in [0.25, 0.3) is 0 Å². The fourth-order valence-electron chi connectivity index (χ4n) is 2.25. The first-order chi connectivity index (χ1) is 7.72. The van der Waals surface area contributed by atoms with Gasteiger partial charge in [-0.05, 0) is 31.9 Å². The summed E-state index contributed by atoms with van der Waals surface area (Å²) in [7, 11) is 0. The lowest BCUT2D eigenvalue weighted by molar-refractivity contribution is -0.119. The SMILES string of the molecule is CC(=O)C1(c2ccc3ccccc3n2)CC1. The average molecular weight is 211 g/mol. The third-order valence-corrected chi connectivity index (χ3v) is 3.51. The summed E-state index contributed by atoms with van der Waals surface area (Å²) < 4.78 is 0. The van der Waals surface area contributed by atoms with E-state index in [4.69, 9.17) is 0 Å². The van der Waals surface area contributed by atoms with Crippen molar-refractivity contribution in [3.05, 3.63) is 42.1 Å². The van der Waals surface area contributed by atoms with Gasteiger partial charge in [-0.25, -0.2) is 0 Å². The second kappa shape index (κ2) is 3.14. The van der Waals surface area contributed by atoms with Crippen molar-refractivity contribution in [2.75, 3.05) is 0 Å². The Balaban J connectivity index is 2.16. The van der Waals surface area contributed by atoms with E-state index in [9.17, 15) is 4.79 Å². The van der Waals surface area contributed by atoms with E-state index in [1.807, 2.05) is 30.3 Å². The van der Waals surface area contributed by atoms with Crippen molar-refractivity contribution in [1.82, 2.24) is 4.98 Å². The Morgan fingerprint density at radius 3 is 2.62 bits per heavy atom. The van der Waals surface area contributed by atoms with Gasteiger partial charge >= 0.3 is 0 Å². The Labute approximate surface area is 94.3 Å². The molecule has 16 heavy (non-hydrogen) atoms. The number of rotatable bonds is 2. The lowest BCUT2D eigenvalue weighted by Gasteiger charge is -2.11. The highest BCUT2D eigenvalue weighted by Gasteiger charge is 2.50. The molecular formula is C14H13NO. The zero-order chi connectivity index (χ0) is 11.2. The number of carbonyl (C=O) groups is 1. The number of fused-ring (bicyclic) bond motifs is 1. The van der Waals surface area contributed by atoms with Crippen molar-refractivity contribution in [3.63, 3.8) is 0 Å². The molecule has 1 aromatic carbocycles.